The SMILES string of the molecule is COc1ccc(-c2noc(CSc3ccccc3F)n2)cc1OC. The Morgan fingerprint density at radius 3 is 2.62 bits per heavy atom. The van der Waals surface area contributed by atoms with Crippen molar-refractivity contribution in [3.8, 4) is 22.9 Å². The zero-order chi connectivity index (χ0) is 16.9. The summed E-state index contributed by atoms with van der Waals surface area (Å²) in [6.45, 7) is 0. The van der Waals surface area contributed by atoms with Crippen molar-refractivity contribution in [2.75, 3.05) is 14.2 Å². The lowest BCUT2D eigenvalue weighted by molar-refractivity contribution is 0.355. The molecule has 0 aliphatic rings. The van der Waals surface area contributed by atoms with Gasteiger partial charge in [0.1, 0.15) is 5.82 Å². The van der Waals surface area contributed by atoms with Gasteiger partial charge >= 0.3 is 0 Å². The average molecular weight is 346 g/mol. The fourth-order valence-corrected chi connectivity index (χ4v) is 2.88. The van der Waals surface area contributed by atoms with Crippen LogP contribution in [0.4, 0.5) is 4.39 Å². The van der Waals surface area contributed by atoms with Gasteiger partial charge in [-0.3, -0.25) is 0 Å². The van der Waals surface area contributed by atoms with Crippen LogP contribution in [0.2, 0.25) is 0 Å². The standard InChI is InChI=1S/C17H15FN2O3S/c1-21-13-8-7-11(9-14(13)22-2)17-19-16(23-20-17)10-24-15-6-4-3-5-12(15)18/h3-9H,10H2,1-2H3. The second-order valence-electron chi connectivity index (χ2n) is 4.80. The van der Waals surface area contributed by atoms with E-state index in [9.17, 15) is 4.39 Å². The zero-order valence-electron chi connectivity index (χ0n) is 13.2. The first-order valence-corrected chi connectivity index (χ1v) is 8.12. The van der Waals surface area contributed by atoms with Gasteiger partial charge in [0.15, 0.2) is 11.5 Å². The number of aromatic nitrogens is 2. The van der Waals surface area contributed by atoms with E-state index < -0.39 is 0 Å². The number of halogens is 1. The summed E-state index contributed by atoms with van der Waals surface area (Å²) >= 11 is 1.31. The number of benzene rings is 2. The molecule has 0 saturated carbocycles. The van der Waals surface area contributed by atoms with Crippen molar-refractivity contribution < 1.29 is 18.4 Å². The highest BCUT2D eigenvalue weighted by atomic mass is 32.2. The molecule has 3 rings (SSSR count). The first kappa shape index (κ1) is 16.3. The molecular formula is C17H15FN2O3S. The van der Waals surface area contributed by atoms with E-state index in [2.05, 4.69) is 10.1 Å². The van der Waals surface area contributed by atoms with Gasteiger partial charge in [-0.2, -0.15) is 4.98 Å². The summed E-state index contributed by atoms with van der Waals surface area (Å²) in [6, 6.07) is 11.9. The van der Waals surface area contributed by atoms with Crippen molar-refractivity contribution in [1.82, 2.24) is 10.1 Å². The van der Waals surface area contributed by atoms with Crippen molar-refractivity contribution in [2.24, 2.45) is 0 Å². The quantitative estimate of drug-likeness (QED) is 0.624. The Morgan fingerprint density at radius 1 is 1.08 bits per heavy atom. The Hall–Kier alpha value is -2.54. The molecule has 24 heavy (non-hydrogen) atoms. The Bertz CT molecular complexity index is 838. The maximum absolute atomic E-state index is 13.6. The summed E-state index contributed by atoms with van der Waals surface area (Å²) < 4.78 is 29.3. The molecule has 0 aliphatic carbocycles. The molecule has 124 valence electrons. The van der Waals surface area contributed by atoms with Crippen molar-refractivity contribution in [1.29, 1.82) is 0 Å². The number of methoxy groups -OCH3 is 2. The predicted molar refractivity (Wildman–Crippen MR) is 88.8 cm³/mol. The molecule has 1 aromatic heterocycles. The molecule has 0 radical (unpaired) electrons. The van der Waals surface area contributed by atoms with E-state index in [-0.39, 0.29) is 5.82 Å². The maximum atomic E-state index is 13.6. The van der Waals surface area contributed by atoms with E-state index in [1.807, 2.05) is 6.07 Å². The van der Waals surface area contributed by atoms with E-state index in [0.29, 0.717) is 33.9 Å². The minimum Gasteiger partial charge on any atom is -0.493 e. The molecule has 1 heterocycles. The second kappa shape index (κ2) is 7.35. The third-order valence-electron chi connectivity index (χ3n) is 3.30. The maximum Gasteiger partial charge on any atom is 0.237 e. The molecule has 0 saturated heterocycles. The average Bonchev–Trinajstić information content (AvgIpc) is 3.09. The summed E-state index contributed by atoms with van der Waals surface area (Å²) in [5.41, 5.74) is 0.749. The largest absolute Gasteiger partial charge is 0.493 e. The number of nitrogens with zero attached hydrogens (tertiary/aromatic N) is 2. The minimum absolute atomic E-state index is 0.262. The Labute approximate surface area is 142 Å². The molecule has 2 aromatic carbocycles. The Kier molecular flexibility index (Phi) is 5.00. The molecule has 0 N–H and O–H groups in total. The lowest BCUT2D eigenvalue weighted by Gasteiger charge is -2.07. The third-order valence-corrected chi connectivity index (χ3v) is 4.33. The number of thioether (sulfide) groups is 1. The summed E-state index contributed by atoms with van der Waals surface area (Å²) in [7, 11) is 3.14. The third kappa shape index (κ3) is 3.51. The monoisotopic (exact) mass is 346 g/mol. The van der Waals surface area contributed by atoms with Crippen LogP contribution in [0.15, 0.2) is 51.9 Å². The molecule has 0 unspecified atom stereocenters. The molecule has 7 heteroatoms. The second-order valence-corrected chi connectivity index (χ2v) is 5.82. The summed E-state index contributed by atoms with van der Waals surface area (Å²) in [6.07, 6.45) is 0. The van der Waals surface area contributed by atoms with Crippen molar-refractivity contribution in [2.45, 2.75) is 10.6 Å². The lowest BCUT2D eigenvalue weighted by Crippen LogP contribution is -1.91. The van der Waals surface area contributed by atoms with Gasteiger partial charge in [-0.05, 0) is 30.3 Å². The number of rotatable bonds is 6. The van der Waals surface area contributed by atoms with E-state index in [1.165, 1.54) is 17.8 Å². The molecule has 0 amide bonds. The van der Waals surface area contributed by atoms with Gasteiger partial charge in [-0.25, -0.2) is 4.39 Å². The van der Waals surface area contributed by atoms with Crippen LogP contribution in [0, 0.1) is 5.82 Å². The van der Waals surface area contributed by atoms with E-state index in [4.69, 9.17) is 14.0 Å². The molecular weight excluding hydrogens is 331 g/mol. The molecule has 0 atom stereocenters. The number of ether oxygens (including phenoxy) is 2. The summed E-state index contributed by atoms with van der Waals surface area (Å²) in [5, 5.41) is 3.96. The Balaban J connectivity index is 1.75. The molecule has 0 spiro atoms. The highest BCUT2D eigenvalue weighted by Crippen LogP contribution is 2.31. The summed E-state index contributed by atoms with van der Waals surface area (Å²) in [4.78, 5) is 4.88. The van der Waals surface area contributed by atoms with Crippen LogP contribution in [0.5, 0.6) is 11.5 Å². The molecule has 0 aliphatic heterocycles. The van der Waals surface area contributed by atoms with Crippen molar-refractivity contribution >= 4 is 11.8 Å². The van der Waals surface area contributed by atoms with Crippen LogP contribution in [-0.4, -0.2) is 24.4 Å². The van der Waals surface area contributed by atoms with Gasteiger partial charge < -0.3 is 14.0 Å². The van der Waals surface area contributed by atoms with Crippen LogP contribution >= 0.6 is 11.8 Å². The van der Waals surface area contributed by atoms with Crippen LogP contribution in [-0.2, 0) is 5.75 Å². The Morgan fingerprint density at radius 2 is 1.88 bits per heavy atom. The van der Waals surface area contributed by atoms with Crippen LogP contribution < -0.4 is 9.47 Å². The highest BCUT2D eigenvalue weighted by Gasteiger charge is 2.13. The van der Waals surface area contributed by atoms with Crippen LogP contribution in [0.3, 0.4) is 0 Å². The van der Waals surface area contributed by atoms with E-state index >= 15 is 0 Å². The highest BCUT2D eigenvalue weighted by molar-refractivity contribution is 7.98. The molecule has 0 bridgehead atoms. The van der Waals surface area contributed by atoms with Crippen LogP contribution in [0.25, 0.3) is 11.4 Å². The molecule has 0 fully saturated rings. The first-order valence-electron chi connectivity index (χ1n) is 7.13. The predicted octanol–water partition coefficient (Wildman–Crippen LogP) is 4.19. The lowest BCUT2D eigenvalue weighted by atomic mass is 10.2. The molecule has 3 aromatic rings. The topological polar surface area (TPSA) is 57.4 Å². The van der Waals surface area contributed by atoms with Crippen molar-refractivity contribution in [3.63, 3.8) is 0 Å². The van der Waals surface area contributed by atoms with Gasteiger partial charge in [0, 0.05) is 10.5 Å². The van der Waals surface area contributed by atoms with E-state index in [1.54, 1.807) is 44.6 Å². The van der Waals surface area contributed by atoms with E-state index in [0.717, 1.165) is 5.56 Å². The fraction of sp³-hybridized carbons (Fsp3) is 0.176. The van der Waals surface area contributed by atoms with Gasteiger partial charge in [0.25, 0.3) is 0 Å². The zero-order valence-corrected chi connectivity index (χ0v) is 14.0. The summed E-state index contributed by atoms with van der Waals surface area (Å²) in [5.74, 6) is 2.21. The van der Waals surface area contributed by atoms with Crippen molar-refractivity contribution in [3.05, 3.63) is 54.2 Å². The van der Waals surface area contributed by atoms with Gasteiger partial charge in [-0.15, -0.1) is 11.8 Å². The van der Waals surface area contributed by atoms with Gasteiger partial charge in [0.2, 0.25) is 11.7 Å². The minimum atomic E-state index is -0.262. The number of hydrogen-bond donors (Lipinski definition) is 0. The normalized spacial score (nSPS) is 10.6. The van der Waals surface area contributed by atoms with Gasteiger partial charge in [0.05, 0.1) is 20.0 Å². The van der Waals surface area contributed by atoms with Gasteiger partial charge in [-0.1, -0.05) is 17.3 Å². The molecule has 5 nitrogen and oxygen atoms in total. The smallest absolute Gasteiger partial charge is 0.237 e. The fourth-order valence-electron chi connectivity index (χ4n) is 2.11. The van der Waals surface area contributed by atoms with Crippen LogP contribution in [0.1, 0.15) is 5.89 Å². The number of hydrogen-bond acceptors (Lipinski definition) is 6. The first-order chi connectivity index (χ1) is 11.7.